The van der Waals surface area contributed by atoms with E-state index in [2.05, 4.69) is 17.5 Å². The van der Waals surface area contributed by atoms with Crippen molar-refractivity contribution in [1.29, 1.82) is 0 Å². The van der Waals surface area contributed by atoms with E-state index in [9.17, 15) is 4.79 Å². The lowest BCUT2D eigenvalue weighted by Crippen LogP contribution is -2.29. The normalized spacial score (nSPS) is 19.8. The Morgan fingerprint density at radius 3 is 2.76 bits per heavy atom. The second-order valence-electron chi connectivity index (χ2n) is 4.15. The molecule has 3 rings (SSSR count). The summed E-state index contributed by atoms with van der Waals surface area (Å²) in [4.78, 5) is 16.5. The monoisotopic (exact) mass is 263 g/mol. The van der Waals surface area contributed by atoms with E-state index in [0.717, 1.165) is 24.3 Å². The first-order valence-electron chi connectivity index (χ1n) is 5.74. The predicted molar refractivity (Wildman–Crippen MR) is 71.6 cm³/mol. The molecule has 0 saturated carbocycles. The number of hydrogen-bond acceptors (Lipinski definition) is 3. The maximum absolute atomic E-state index is 12.4. The van der Waals surface area contributed by atoms with Crippen LogP contribution in [0.3, 0.4) is 0 Å². The topological polar surface area (TPSA) is 20.3 Å². The molecule has 0 unspecified atom stereocenters. The molecule has 0 radical (unpaired) electrons. The Labute approximate surface area is 109 Å². The van der Waals surface area contributed by atoms with E-state index in [4.69, 9.17) is 0 Å². The first kappa shape index (κ1) is 11.0. The molecule has 1 aliphatic rings. The molecule has 0 N–H and O–H groups in total. The van der Waals surface area contributed by atoms with E-state index in [1.54, 1.807) is 11.3 Å². The SMILES string of the molecule is O=C(c1cccs1)N1CCC[C@H]1c1cccs1. The number of carbonyl (C=O) groups excluding carboxylic acids is 1. The molecular weight excluding hydrogens is 250 g/mol. The molecule has 2 aromatic heterocycles. The fourth-order valence-electron chi connectivity index (χ4n) is 2.33. The number of likely N-dealkylation sites (tertiary alicyclic amines) is 1. The molecule has 4 heteroatoms. The van der Waals surface area contributed by atoms with Crippen LogP contribution in [0, 0.1) is 0 Å². The molecule has 88 valence electrons. The molecule has 1 fully saturated rings. The second-order valence-corrected chi connectivity index (χ2v) is 6.08. The molecule has 0 spiro atoms. The summed E-state index contributed by atoms with van der Waals surface area (Å²) in [6, 6.07) is 8.34. The van der Waals surface area contributed by atoms with Gasteiger partial charge in [-0.05, 0) is 35.7 Å². The fourth-order valence-corrected chi connectivity index (χ4v) is 3.88. The smallest absolute Gasteiger partial charge is 0.264 e. The van der Waals surface area contributed by atoms with Gasteiger partial charge in [-0.2, -0.15) is 0 Å². The maximum atomic E-state index is 12.4. The number of nitrogens with zero attached hydrogens (tertiary/aromatic N) is 1. The van der Waals surface area contributed by atoms with Crippen LogP contribution in [0.15, 0.2) is 35.0 Å². The van der Waals surface area contributed by atoms with Crippen LogP contribution < -0.4 is 0 Å². The number of carbonyl (C=O) groups is 1. The van der Waals surface area contributed by atoms with Gasteiger partial charge in [0, 0.05) is 11.4 Å². The summed E-state index contributed by atoms with van der Waals surface area (Å²) in [7, 11) is 0. The summed E-state index contributed by atoms with van der Waals surface area (Å²) < 4.78 is 0. The van der Waals surface area contributed by atoms with E-state index in [1.165, 1.54) is 16.2 Å². The standard InChI is InChI=1S/C13H13NOS2/c15-13(12-6-3-9-17-12)14-7-1-4-10(14)11-5-2-8-16-11/h2-3,5-6,8-10H,1,4,7H2/t10-/m0/s1. The Morgan fingerprint density at radius 1 is 1.24 bits per heavy atom. The molecule has 1 atom stereocenters. The lowest BCUT2D eigenvalue weighted by Gasteiger charge is -2.23. The van der Waals surface area contributed by atoms with Gasteiger partial charge in [0.2, 0.25) is 0 Å². The van der Waals surface area contributed by atoms with Crippen molar-refractivity contribution < 1.29 is 4.79 Å². The van der Waals surface area contributed by atoms with E-state index in [-0.39, 0.29) is 5.91 Å². The number of thiophene rings is 2. The third-order valence-electron chi connectivity index (χ3n) is 3.12. The molecule has 1 saturated heterocycles. The molecule has 3 heterocycles. The van der Waals surface area contributed by atoms with Crippen molar-refractivity contribution in [2.75, 3.05) is 6.54 Å². The highest BCUT2D eigenvalue weighted by Crippen LogP contribution is 2.35. The summed E-state index contributed by atoms with van der Waals surface area (Å²) in [5.41, 5.74) is 0. The third-order valence-corrected chi connectivity index (χ3v) is 4.95. The minimum absolute atomic E-state index is 0.191. The Morgan fingerprint density at radius 2 is 2.06 bits per heavy atom. The van der Waals surface area contributed by atoms with Gasteiger partial charge in [-0.15, -0.1) is 22.7 Å². The zero-order valence-corrected chi connectivity index (χ0v) is 11.0. The molecular formula is C13H13NOS2. The van der Waals surface area contributed by atoms with Crippen LogP contribution in [0.4, 0.5) is 0 Å². The lowest BCUT2D eigenvalue weighted by atomic mass is 10.2. The molecule has 17 heavy (non-hydrogen) atoms. The first-order valence-corrected chi connectivity index (χ1v) is 7.50. The van der Waals surface area contributed by atoms with Gasteiger partial charge < -0.3 is 4.90 Å². The fraction of sp³-hybridized carbons (Fsp3) is 0.308. The quantitative estimate of drug-likeness (QED) is 0.807. The van der Waals surface area contributed by atoms with Crippen molar-refractivity contribution in [2.45, 2.75) is 18.9 Å². The zero-order chi connectivity index (χ0) is 11.7. The molecule has 0 bridgehead atoms. The Kier molecular flexibility index (Phi) is 2.99. The molecule has 1 aliphatic heterocycles. The molecule has 0 aliphatic carbocycles. The van der Waals surface area contributed by atoms with Gasteiger partial charge in [0.25, 0.3) is 5.91 Å². The van der Waals surface area contributed by atoms with Crippen LogP contribution in [0.2, 0.25) is 0 Å². The second kappa shape index (κ2) is 4.63. The van der Waals surface area contributed by atoms with Crippen molar-refractivity contribution in [2.24, 2.45) is 0 Å². The first-order chi connectivity index (χ1) is 8.36. The highest BCUT2D eigenvalue weighted by molar-refractivity contribution is 7.12. The number of hydrogen-bond donors (Lipinski definition) is 0. The van der Waals surface area contributed by atoms with Crippen LogP contribution in [-0.2, 0) is 0 Å². The molecule has 2 aromatic rings. The van der Waals surface area contributed by atoms with E-state index < -0.39 is 0 Å². The highest BCUT2D eigenvalue weighted by atomic mass is 32.1. The van der Waals surface area contributed by atoms with Crippen LogP contribution in [0.5, 0.6) is 0 Å². The van der Waals surface area contributed by atoms with Gasteiger partial charge >= 0.3 is 0 Å². The summed E-state index contributed by atoms with van der Waals surface area (Å²) in [6.07, 6.45) is 2.21. The maximum Gasteiger partial charge on any atom is 0.264 e. The predicted octanol–water partition coefficient (Wildman–Crippen LogP) is 3.79. The number of rotatable bonds is 2. The Balaban J connectivity index is 1.85. The zero-order valence-electron chi connectivity index (χ0n) is 9.33. The molecule has 1 amide bonds. The third kappa shape index (κ3) is 2.03. The van der Waals surface area contributed by atoms with Crippen molar-refractivity contribution in [1.82, 2.24) is 4.90 Å². The van der Waals surface area contributed by atoms with Gasteiger partial charge in [-0.1, -0.05) is 12.1 Å². The largest absolute Gasteiger partial charge is 0.330 e. The minimum atomic E-state index is 0.191. The van der Waals surface area contributed by atoms with Crippen LogP contribution in [0.1, 0.15) is 33.4 Å². The van der Waals surface area contributed by atoms with Crippen molar-refractivity contribution in [3.8, 4) is 0 Å². The van der Waals surface area contributed by atoms with Crippen LogP contribution >= 0.6 is 22.7 Å². The van der Waals surface area contributed by atoms with Gasteiger partial charge in [0.1, 0.15) is 0 Å². The number of amides is 1. The summed E-state index contributed by atoms with van der Waals surface area (Å²) in [5, 5.41) is 4.05. The van der Waals surface area contributed by atoms with Gasteiger partial charge in [0.05, 0.1) is 10.9 Å². The Bertz CT molecular complexity index is 489. The van der Waals surface area contributed by atoms with Crippen LogP contribution in [0.25, 0.3) is 0 Å². The van der Waals surface area contributed by atoms with E-state index in [0.29, 0.717) is 6.04 Å². The summed E-state index contributed by atoms with van der Waals surface area (Å²) in [6.45, 7) is 0.888. The average molecular weight is 263 g/mol. The summed E-state index contributed by atoms with van der Waals surface area (Å²) >= 11 is 3.28. The van der Waals surface area contributed by atoms with Crippen molar-refractivity contribution in [3.05, 3.63) is 44.8 Å². The van der Waals surface area contributed by atoms with Crippen LogP contribution in [-0.4, -0.2) is 17.4 Å². The van der Waals surface area contributed by atoms with E-state index >= 15 is 0 Å². The summed E-state index contributed by atoms with van der Waals surface area (Å²) in [5.74, 6) is 0.191. The Hall–Kier alpha value is -1.13. The lowest BCUT2D eigenvalue weighted by molar-refractivity contribution is 0.0743. The minimum Gasteiger partial charge on any atom is -0.330 e. The van der Waals surface area contributed by atoms with Gasteiger partial charge in [-0.25, -0.2) is 0 Å². The average Bonchev–Trinajstić information content (AvgIpc) is 3.09. The van der Waals surface area contributed by atoms with Gasteiger partial charge in [-0.3, -0.25) is 4.79 Å². The molecule has 2 nitrogen and oxygen atoms in total. The van der Waals surface area contributed by atoms with E-state index in [1.807, 2.05) is 22.4 Å². The van der Waals surface area contributed by atoms with Gasteiger partial charge in [0.15, 0.2) is 0 Å². The highest BCUT2D eigenvalue weighted by Gasteiger charge is 2.31. The molecule has 0 aromatic carbocycles. The van der Waals surface area contributed by atoms with Crippen molar-refractivity contribution >= 4 is 28.6 Å². The van der Waals surface area contributed by atoms with Crippen molar-refractivity contribution in [3.63, 3.8) is 0 Å².